The largest absolute Gasteiger partial charge is 0.508 e. The molecule has 3 amide bonds. The summed E-state index contributed by atoms with van der Waals surface area (Å²) in [7, 11) is 0. The van der Waals surface area contributed by atoms with Crippen molar-refractivity contribution in [3.05, 3.63) is 34.9 Å². The highest BCUT2D eigenvalue weighted by Gasteiger charge is 2.50. The SMILES string of the molecule is CC(C)C(NC(=O)NCC(C)(C)OC(=O)OCCN1CCOCC1)C(=O)N1CC[C@](O)(c2ccc(Cl)cc2)C(C)(C)C1. The van der Waals surface area contributed by atoms with Gasteiger partial charge in [-0.1, -0.05) is 51.4 Å². The highest BCUT2D eigenvalue weighted by Crippen LogP contribution is 2.46. The van der Waals surface area contributed by atoms with Crippen molar-refractivity contribution in [2.75, 3.05) is 59.1 Å². The number of hydrogen-bond acceptors (Lipinski definition) is 8. The number of rotatable bonds is 10. The van der Waals surface area contributed by atoms with Crippen molar-refractivity contribution in [2.45, 2.75) is 65.2 Å². The number of likely N-dealkylation sites (tertiary alicyclic amines) is 1. The van der Waals surface area contributed by atoms with E-state index in [1.165, 1.54) is 0 Å². The number of carbonyl (C=O) groups is 3. The molecular formula is C30H47ClN4O7. The monoisotopic (exact) mass is 610 g/mol. The molecule has 2 aliphatic rings. The fourth-order valence-corrected chi connectivity index (χ4v) is 5.47. The van der Waals surface area contributed by atoms with Crippen molar-refractivity contribution in [2.24, 2.45) is 11.3 Å². The maximum atomic E-state index is 13.6. The molecule has 0 bridgehead atoms. The Balaban J connectivity index is 1.50. The molecule has 2 aliphatic heterocycles. The molecule has 2 saturated heterocycles. The van der Waals surface area contributed by atoms with E-state index < -0.39 is 34.8 Å². The lowest BCUT2D eigenvalue weighted by Gasteiger charge is -2.51. The number of nitrogens with one attached hydrogen (secondary N) is 2. The summed E-state index contributed by atoms with van der Waals surface area (Å²) >= 11 is 6.04. The van der Waals surface area contributed by atoms with Gasteiger partial charge in [-0.15, -0.1) is 0 Å². The Bertz CT molecular complexity index is 1080. The quantitative estimate of drug-likeness (QED) is 0.344. The van der Waals surface area contributed by atoms with E-state index in [1.807, 2.05) is 39.8 Å². The fraction of sp³-hybridized carbons (Fsp3) is 0.700. The van der Waals surface area contributed by atoms with Gasteiger partial charge in [-0.3, -0.25) is 9.69 Å². The molecule has 0 aliphatic carbocycles. The van der Waals surface area contributed by atoms with Crippen LogP contribution >= 0.6 is 11.6 Å². The Hall–Kier alpha value is -2.60. The number of carbonyl (C=O) groups excluding carboxylic acids is 3. The maximum absolute atomic E-state index is 13.6. The molecule has 0 aromatic heterocycles. The fourth-order valence-electron chi connectivity index (χ4n) is 5.34. The number of aliphatic hydroxyl groups is 1. The Morgan fingerprint density at radius 2 is 1.76 bits per heavy atom. The van der Waals surface area contributed by atoms with E-state index in [0.29, 0.717) is 44.3 Å². The first-order valence-electron chi connectivity index (χ1n) is 14.6. The predicted molar refractivity (Wildman–Crippen MR) is 159 cm³/mol. The van der Waals surface area contributed by atoms with Crippen LogP contribution in [0.3, 0.4) is 0 Å². The van der Waals surface area contributed by atoms with Crippen LogP contribution in [0.15, 0.2) is 24.3 Å². The lowest BCUT2D eigenvalue weighted by molar-refractivity contribution is -0.155. The van der Waals surface area contributed by atoms with Gasteiger partial charge in [0.1, 0.15) is 18.2 Å². The van der Waals surface area contributed by atoms with Crippen LogP contribution in [0.4, 0.5) is 9.59 Å². The van der Waals surface area contributed by atoms with Crippen LogP contribution in [0, 0.1) is 11.3 Å². The third kappa shape index (κ3) is 8.95. The van der Waals surface area contributed by atoms with Crippen LogP contribution in [0.1, 0.15) is 53.5 Å². The van der Waals surface area contributed by atoms with Gasteiger partial charge in [0.25, 0.3) is 0 Å². The van der Waals surface area contributed by atoms with Gasteiger partial charge >= 0.3 is 12.2 Å². The van der Waals surface area contributed by atoms with E-state index >= 15 is 0 Å². The first kappa shape index (κ1) is 33.9. The van der Waals surface area contributed by atoms with Crippen LogP contribution in [-0.2, 0) is 24.6 Å². The Morgan fingerprint density at radius 1 is 1.12 bits per heavy atom. The highest BCUT2D eigenvalue weighted by atomic mass is 35.5. The van der Waals surface area contributed by atoms with E-state index in [2.05, 4.69) is 15.5 Å². The molecule has 2 heterocycles. The average molecular weight is 611 g/mol. The van der Waals surface area contributed by atoms with Gasteiger partial charge in [0, 0.05) is 43.2 Å². The van der Waals surface area contributed by atoms with Crippen molar-refractivity contribution in [3.63, 3.8) is 0 Å². The first-order chi connectivity index (χ1) is 19.6. The number of amides is 3. The van der Waals surface area contributed by atoms with Crippen LogP contribution in [0.5, 0.6) is 0 Å². The predicted octanol–water partition coefficient (Wildman–Crippen LogP) is 3.37. The minimum absolute atomic E-state index is 0.0152. The summed E-state index contributed by atoms with van der Waals surface area (Å²) in [5.41, 5.74) is -2.07. The topological polar surface area (TPSA) is 130 Å². The molecule has 11 nitrogen and oxygen atoms in total. The van der Waals surface area contributed by atoms with Gasteiger partial charge in [-0.25, -0.2) is 9.59 Å². The molecule has 1 unspecified atom stereocenters. The smallest absolute Gasteiger partial charge is 0.433 e. The molecule has 2 fully saturated rings. The number of benzene rings is 1. The van der Waals surface area contributed by atoms with Gasteiger partial charge in [0.05, 0.1) is 25.4 Å². The van der Waals surface area contributed by atoms with E-state index in [-0.39, 0.29) is 25.0 Å². The van der Waals surface area contributed by atoms with Crippen molar-refractivity contribution >= 4 is 29.7 Å². The molecule has 3 rings (SSSR count). The molecule has 42 heavy (non-hydrogen) atoms. The lowest BCUT2D eigenvalue weighted by atomic mass is 9.66. The summed E-state index contributed by atoms with van der Waals surface area (Å²) in [6.45, 7) is 15.3. The Kier molecular flexibility index (Phi) is 11.5. The van der Waals surface area contributed by atoms with Crippen LogP contribution in [-0.4, -0.2) is 104 Å². The van der Waals surface area contributed by atoms with E-state index in [9.17, 15) is 19.5 Å². The zero-order valence-electron chi connectivity index (χ0n) is 25.7. The van der Waals surface area contributed by atoms with E-state index in [0.717, 1.165) is 18.7 Å². The Morgan fingerprint density at radius 3 is 2.36 bits per heavy atom. The number of piperidine rings is 1. The standard InChI is InChI=1S/C30H47ClN4O7/c1-21(2)24(25(36)35-12-11-30(39,28(3,4)20-35)22-7-9-23(31)10-8-22)33-26(37)32-19-29(5,6)42-27(38)41-18-15-34-13-16-40-17-14-34/h7-10,21,24,39H,11-20H2,1-6H3,(H2,32,33,37)/t24?,30-/m0/s1. The zero-order valence-corrected chi connectivity index (χ0v) is 26.5. The molecule has 0 spiro atoms. The summed E-state index contributed by atoms with van der Waals surface area (Å²) < 4.78 is 15.9. The van der Waals surface area contributed by atoms with Crippen molar-refractivity contribution in [1.82, 2.24) is 20.4 Å². The first-order valence-corrected chi connectivity index (χ1v) is 15.0. The molecule has 2 atom stereocenters. The van der Waals surface area contributed by atoms with Crippen molar-refractivity contribution in [1.29, 1.82) is 0 Å². The lowest BCUT2D eigenvalue weighted by Crippen LogP contribution is -2.61. The second kappa shape index (κ2) is 14.2. The van der Waals surface area contributed by atoms with Gasteiger partial charge in [-0.2, -0.15) is 0 Å². The molecule has 0 radical (unpaired) electrons. The minimum atomic E-state index is -1.14. The third-order valence-electron chi connectivity index (χ3n) is 8.07. The van der Waals surface area contributed by atoms with E-state index in [4.69, 9.17) is 25.8 Å². The number of ether oxygens (including phenoxy) is 3. The number of nitrogens with zero attached hydrogens (tertiary/aromatic N) is 2. The number of halogens is 1. The number of urea groups is 1. The van der Waals surface area contributed by atoms with Gasteiger partial charge < -0.3 is 34.9 Å². The summed E-state index contributed by atoms with van der Waals surface area (Å²) in [6, 6.07) is 5.82. The number of hydrogen-bond donors (Lipinski definition) is 3. The summed E-state index contributed by atoms with van der Waals surface area (Å²) in [5.74, 6) is -0.403. The second-order valence-corrected chi connectivity index (χ2v) is 13.2. The Labute approximate surface area is 254 Å². The minimum Gasteiger partial charge on any atom is -0.433 e. The third-order valence-corrected chi connectivity index (χ3v) is 8.32. The molecule has 1 aromatic carbocycles. The van der Waals surface area contributed by atoms with Crippen molar-refractivity contribution < 1.29 is 33.7 Å². The summed E-state index contributed by atoms with van der Waals surface area (Å²) in [4.78, 5) is 42.5. The van der Waals surface area contributed by atoms with Crippen LogP contribution in [0.25, 0.3) is 0 Å². The number of morpholine rings is 1. The van der Waals surface area contributed by atoms with Gasteiger partial charge in [0.15, 0.2) is 0 Å². The van der Waals surface area contributed by atoms with Crippen molar-refractivity contribution in [3.8, 4) is 0 Å². The molecule has 3 N–H and O–H groups in total. The van der Waals surface area contributed by atoms with Crippen LogP contribution in [0.2, 0.25) is 5.02 Å². The van der Waals surface area contributed by atoms with Gasteiger partial charge in [0.2, 0.25) is 5.91 Å². The molecule has 1 aromatic rings. The van der Waals surface area contributed by atoms with Crippen LogP contribution < -0.4 is 10.6 Å². The molecule has 0 saturated carbocycles. The van der Waals surface area contributed by atoms with E-state index in [1.54, 1.807) is 30.9 Å². The maximum Gasteiger partial charge on any atom is 0.508 e. The zero-order chi connectivity index (χ0) is 31.1. The average Bonchev–Trinajstić information content (AvgIpc) is 2.92. The summed E-state index contributed by atoms with van der Waals surface area (Å²) in [5, 5.41) is 17.7. The molecular weight excluding hydrogens is 564 g/mol. The highest BCUT2D eigenvalue weighted by molar-refractivity contribution is 6.30. The molecule has 236 valence electrons. The molecule has 12 heteroatoms. The van der Waals surface area contributed by atoms with Gasteiger partial charge in [-0.05, 0) is 43.9 Å². The second-order valence-electron chi connectivity index (χ2n) is 12.7. The summed E-state index contributed by atoms with van der Waals surface area (Å²) in [6.07, 6.45) is -0.463. The normalized spacial score (nSPS) is 21.9.